The first-order valence-electron chi connectivity index (χ1n) is 13.5. The summed E-state index contributed by atoms with van der Waals surface area (Å²) in [6, 6.07) is 11.8. The van der Waals surface area contributed by atoms with Crippen molar-refractivity contribution in [3.63, 3.8) is 0 Å². The van der Waals surface area contributed by atoms with Crippen molar-refractivity contribution in [1.29, 1.82) is 0 Å². The second-order valence-corrected chi connectivity index (χ2v) is 12.0. The zero-order valence-corrected chi connectivity index (χ0v) is 26.4. The third-order valence-corrected chi connectivity index (χ3v) is 7.00. The van der Waals surface area contributed by atoms with Gasteiger partial charge < -0.3 is 9.47 Å². The lowest BCUT2D eigenvalue weighted by molar-refractivity contribution is 0.0562. The Labute approximate surface area is 262 Å². The van der Waals surface area contributed by atoms with Crippen molar-refractivity contribution in [3.8, 4) is 5.75 Å². The molecule has 0 unspecified atom stereocenters. The number of benzene rings is 2. The second-order valence-electron chi connectivity index (χ2n) is 11.2. The third-order valence-electron chi connectivity index (χ3n) is 6.33. The van der Waals surface area contributed by atoms with E-state index in [0.29, 0.717) is 27.5 Å². The number of amides is 2. The number of carbonyl (C=O) groups excluding carboxylic acids is 2. The Morgan fingerprint density at radius 2 is 1.70 bits per heavy atom. The number of hydrogen-bond acceptors (Lipinski definition) is 9. The molecule has 2 aromatic carbocycles. The molecular formula is C30H31Cl2N5O7. The van der Waals surface area contributed by atoms with Gasteiger partial charge in [-0.25, -0.2) is 19.2 Å². The third kappa shape index (κ3) is 7.56. The van der Waals surface area contributed by atoms with Gasteiger partial charge in [-0.3, -0.25) is 19.1 Å². The molecule has 2 heterocycles. The monoisotopic (exact) mass is 643 g/mol. The zero-order valence-electron chi connectivity index (χ0n) is 24.9. The molecular weight excluding hydrogens is 613 g/mol. The van der Waals surface area contributed by atoms with E-state index in [1.54, 1.807) is 46.1 Å². The van der Waals surface area contributed by atoms with Crippen LogP contribution in [-0.4, -0.2) is 44.6 Å². The number of anilines is 1. The van der Waals surface area contributed by atoms with Crippen molar-refractivity contribution in [2.75, 3.05) is 12.0 Å². The summed E-state index contributed by atoms with van der Waals surface area (Å²) in [6.45, 7) is 8.94. The van der Waals surface area contributed by atoms with Crippen LogP contribution in [0.2, 0.25) is 10.0 Å². The topological polar surface area (TPSA) is 150 Å². The lowest BCUT2D eigenvalue weighted by Gasteiger charge is -2.26. The molecule has 12 nitrogen and oxygen atoms in total. The molecule has 4 aromatic rings. The molecule has 0 aliphatic carbocycles. The Morgan fingerprint density at radius 3 is 2.23 bits per heavy atom. The number of carbonyl (C=O) groups is 2. The van der Waals surface area contributed by atoms with Gasteiger partial charge in [-0.2, -0.15) is 5.10 Å². The fraction of sp³-hybridized carbons (Fsp3) is 0.333. The van der Waals surface area contributed by atoms with Gasteiger partial charge in [0.15, 0.2) is 0 Å². The van der Waals surface area contributed by atoms with Crippen molar-refractivity contribution in [1.82, 2.24) is 19.9 Å². The predicted molar refractivity (Wildman–Crippen MR) is 164 cm³/mol. The molecule has 4 rings (SSSR count). The Bertz CT molecular complexity index is 1780. The number of nitrogens with one attached hydrogen (secondary N) is 1. The summed E-state index contributed by atoms with van der Waals surface area (Å²) in [5, 5.41) is 8.21. The fourth-order valence-corrected chi connectivity index (χ4v) is 4.85. The highest BCUT2D eigenvalue weighted by atomic mass is 35.5. The van der Waals surface area contributed by atoms with Crippen molar-refractivity contribution in [2.45, 2.75) is 59.1 Å². The summed E-state index contributed by atoms with van der Waals surface area (Å²) in [5.41, 5.74) is 1.18. The summed E-state index contributed by atoms with van der Waals surface area (Å²) in [4.78, 5) is 53.9. The molecule has 0 spiro atoms. The molecule has 0 atom stereocenters. The summed E-state index contributed by atoms with van der Waals surface area (Å²) in [6.07, 6.45) is -0.919. The second kappa shape index (κ2) is 13.1. The molecule has 0 fully saturated rings. The molecule has 44 heavy (non-hydrogen) atoms. The summed E-state index contributed by atoms with van der Waals surface area (Å²) in [5.74, 6) is -1.93. The molecule has 232 valence electrons. The number of aromatic nitrogens is 4. The molecule has 0 aliphatic rings. The van der Waals surface area contributed by atoms with Crippen molar-refractivity contribution in [2.24, 2.45) is 0 Å². The van der Waals surface area contributed by atoms with Gasteiger partial charge in [-0.15, -0.1) is 0 Å². The minimum Gasteiger partial charge on any atom is -0.497 e. The lowest BCUT2D eigenvalue weighted by Crippen LogP contribution is -2.41. The zero-order chi connectivity index (χ0) is 32.3. The van der Waals surface area contributed by atoms with E-state index in [9.17, 15) is 19.2 Å². The van der Waals surface area contributed by atoms with E-state index in [2.05, 4.69) is 19.8 Å². The highest BCUT2D eigenvalue weighted by molar-refractivity contribution is 6.37. The van der Waals surface area contributed by atoms with Crippen molar-refractivity contribution >= 4 is 40.9 Å². The minimum atomic E-state index is -1.06. The fourth-order valence-electron chi connectivity index (χ4n) is 4.24. The van der Waals surface area contributed by atoms with Crippen molar-refractivity contribution in [3.05, 3.63) is 102 Å². The number of H-pyrrole nitrogens is 1. The van der Waals surface area contributed by atoms with Crippen LogP contribution in [0, 0.1) is 0 Å². The predicted octanol–water partition coefficient (Wildman–Crippen LogP) is 5.58. The van der Waals surface area contributed by atoms with E-state index in [4.69, 9.17) is 32.7 Å². The summed E-state index contributed by atoms with van der Waals surface area (Å²) < 4.78 is 16.4. The number of ether oxygens (including phenoxy) is 2. The first-order chi connectivity index (χ1) is 20.7. The van der Waals surface area contributed by atoms with Crippen LogP contribution in [-0.2, 0) is 17.7 Å². The van der Waals surface area contributed by atoms with Gasteiger partial charge in [-0.1, -0.05) is 49.2 Å². The van der Waals surface area contributed by atoms with E-state index in [-0.39, 0.29) is 40.2 Å². The van der Waals surface area contributed by atoms with E-state index in [0.717, 1.165) is 5.56 Å². The quantitative estimate of drug-likeness (QED) is 0.259. The number of nitrogens with zero attached hydrogens (tertiary/aromatic N) is 4. The van der Waals surface area contributed by atoms with Gasteiger partial charge in [-0.05, 0) is 73.3 Å². The molecule has 0 saturated heterocycles. The maximum atomic E-state index is 13.2. The van der Waals surface area contributed by atoms with Gasteiger partial charge in [0, 0.05) is 22.0 Å². The molecule has 2 amide bonds. The Morgan fingerprint density at radius 1 is 1.07 bits per heavy atom. The number of hydrogen-bond donors (Lipinski definition) is 1. The Kier molecular flexibility index (Phi) is 9.65. The number of aromatic amines is 1. The standard InChI is InChI=1S/C30H31Cl2N5O7/c1-16(2)21-11-18(34-36(26(21)38)15-17-7-9-20(42-6)10-8-17)12-22-23(31)13-19(14-24(22)32)37(29(41)43-30(3,4)5)27(39)25-33-28(40)44-35-25/h7-11,13-14,16H,12,15H2,1-6H3,(H,33,35,40). The van der Waals surface area contributed by atoms with E-state index < -0.39 is 29.2 Å². The minimum absolute atomic E-state index is 0.0350. The Balaban J connectivity index is 1.72. The number of halogens is 2. The molecule has 1 N–H and O–H groups in total. The molecule has 0 bridgehead atoms. The van der Waals surface area contributed by atoms with E-state index in [1.165, 1.54) is 16.8 Å². The van der Waals surface area contributed by atoms with Gasteiger partial charge in [0.05, 0.1) is 25.0 Å². The summed E-state index contributed by atoms with van der Waals surface area (Å²) in [7, 11) is 1.58. The van der Waals surface area contributed by atoms with Crippen LogP contribution in [0.1, 0.15) is 73.5 Å². The maximum absolute atomic E-state index is 13.2. The summed E-state index contributed by atoms with van der Waals surface area (Å²) >= 11 is 13.4. The number of rotatable bonds is 8. The highest BCUT2D eigenvalue weighted by Gasteiger charge is 2.33. The van der Waals surface area contributed by atoms with Crippen LogP contribution in [0.25, 0.3) is 0 Å². The van der Waals surface area contributed by atoms with Crippen molar-refractivity contribution < 1.29 is 23.6 Å². The normalized spacial score (nSPS) is 11.5. The SMILES string of the molecule is COc1ccc(Cn2nc(Cc3c(Cl)cc(N(C(=O)OC(C)(C)C)C(=O)c4noc(=O)[nH]4)cc3Cl)cc(C(C)C)c2=O)cc1. The first-order valence-corrected chi connectivity index (χ1v) is 14.3. The smallest absolute Gasteiger partial charge is 0.439 e. The van der Waals surface area contributed by atoms with Crippen LogP contribution in [0.4, 0.5) is 10.5 Å². The molecule has 2 aromatic heterocycles. The Hall–Kier alpha value is -4.42. The van der Waals surface area contributed by atoms with E-state index in [1.807, 2.05) is 26.0 Å². The number of imide groups is 1. The van der Waals surface area contributed by atoms with Crippen LogP contribution in [0.5, 0.6) is 5.75 Å². The molecule has 0 saturated carbocycles. The lowest BCUT2D eigenvalue weighted by atomic mass is 10.0. The largest absolute Gasteiger partial charge is 0.497 e. The maximum Gasteiger partial charge on any atom is 0.439 e. The van der Waals surface area contributed by atoms with Crippen LogP contribution < -0.4 is 21.0 Å². The highest BCUT2D eigenvalue weighted by Crippen LogP contribution is 2.34. The molecule has 0 radical (unpaired) electrons. The van der Waals surface area contributed by atoms with Gasteiger partial charge in [0.25, 0.3) is 5.56 Å². The van der Waals surface area contributed by atoms with E-state index >= 15 is 0 Å². The van der Waals surface area contributed by atoms with Gasteiger partial charge >= 0.3 is 17.8 Å². The van der Waals surface area contributed by atoms with Crippen LogP contribution in [0.3, 0.4) is 0 Å². The van der Waals surface area contributed by atoms with Gasteiger partial charge in [0.1, 0.15) is 11.4 Å². The molecule has 0 aliphatic heterocycles. The van der Waals surface area contributed by atoms with Crippen LogP contribution >= 0.6 is 23.2 Å². The average Bonchev–Trinajstić information content (AvgIpc) is 3.38. The molecule has 14 heteroatoms. The average molecular weight is 645 g/mol. The van der Waals surface area contributed by atoms with Crippen LogP contribution in [0.15, 0.2) is 56.6 Å². The first kappa shape index (κ1) is 32.5. The number of methoxy groups -OCH3 is 1. The van der Waals surface area contributed by atoms with Gasteiger partial charge in [0.2, 0.25) is 5.82 Å².